The topological polar surface area (TPSA) is 20.3 Å². The fourth-order valence-corrected chi connectivity index (χ4v) is 3.26. The van der Waals surface area contributed by atoms with Crippen molar-refractivity contribution in [2.24, 2.45) is 11.8 Å². The first kappa shape index (κ1) is 13.2. The lowest BCUT2D eigenvalue weighted by atomic mass is 9.95. The quantitative estimate of drug-likeness (QED) is 0.753. The molecule has 2 nitrogen and oxygen atoms in total. The Morgan fingerprint density at radius 3 is 2.40 bits per heavy atom. The third kappa shape index (κ3) is 2.88. The average molecular weight is 267 g/mol. The van der Waals surface area contributed by atoms with Crippen LogP contribution in [0.4, 0.5) is 0 Å². The van der Waals surface area contributed by atoms with Crippen LogP contribution in [-0.4, -0.2) is 23.9 Å². The second kappa shape index (κ2) is 5.71. The van der Waals surface area contributed by atoms with E-state index in [0.717, 1.165) is 42.5 Å². The number of benzene rings is 1. The van der Waals surface area contributed by atoms with Gasteiger partial charge >= 0.3 is 0 Å². The molecule has 0 spiro atoms. The molecule has 1 aliphatic heterocycles. The minimum Gasteiger partial charge on any atom is -0.339 e. The molecule has 1 unspecified atom stereocenters. The highest BCUT2D eigenvalue weighted by molar-refractivity contribution is 5.94. The SMILES string of the molecule is C#Cc1ccc(C(=O)N2CCCC(C3CC3)CC2)cc1. The molecular weight excluding hydrogens is 246 g/mol. The molecule has 0 bridgehead atoms. The van der Waals surface area contributed by atoms with E-state index < -0.39 is 0 Å². The van der Waals surface area contributed by atoms with Gasteiger partial charge < -0.3 is 4.90 Å². The van der Waals surface area contributed by atoms with Crippen molar-refractivity contribution in [1.29, 1.82) is 0 Å². The Kier molecular flexibility index (Phi) is 3.78. The average Bonchev–Trinajstić information content (AvgIpc) is 3.32. The number of hydrogen-bond donors (Lipinski definition) is 0. The van der Waals surface area contributed by atoms with Crippen LogP contribution < -0.4 is 0 Å². The molecule has 1 aromatic carbocycles. The molecule has 1 saturated heterocycles. The molecule has 104 valence electrons. The van der Waals surface area contributed by atoms with E-state index >= 15 is 0 Å². The third-order valence-electron chi connectivity index (χ3n) is 4.65. The summed E-state index contributed by atoms with van der Waals surface area (Å²) < 4.78 is 0. The minimum atomic E-state index is 0.157. The van der Waals surface area contributed by atoms with Crippen LogP contribution in [0.1, 0.15) is 48.0 Å². The first-order chi connectivity index (χ1) is 9.78. The molecule has 0 aromatic heterocycles. The Morgan fingerprint density at radius 1 is 1.05 bits per heavy atom. The number of hydrogen-bond acceptors (Lipinski definition) is 1. The van der Waals surface area contributed by atoms with Crippen LogP contribution in [0.25, 0.3) is 0 Å². The van der Waals surface area contributed by atoms with Gasteiger partial charge in [-0.25, -0.2) is 0 Å². The highest BCUT2D eigenvalue weighted by Gasteiger charge is 2.32. The first-order valence-corrected chi connectivity index (χ1v) is 7.64. The van der Waals surface area contributed by atoms with Crippen LogP contribution in [0.15, 0.2) is 24.3 Å². The molecule has 2 fully saturated rings. The Morgan fingerprint density at radius 2 is 1.75 bits per heavy atom. The fourth-order valence-electron chi connectivity index (χ4n) is 3.26. The summed E-state index contributed by atoms with van der Waals surface area (Å²) in [6, 6.07) is 7.39. The Bertz CT molecular complexity index is 521. The monoisotopic (exact) mass is 267 g/mol. The van der Waals surface area contributed by atoms with Gasteiger partial charge in [0.05, 0.1) is 0 Å². The molecule has 3 rings (SSSR count). The van der Waals surface area contributed by atoms with Crippen molar-refractivity contribution < 1.29 is 4.79 Å². The molecular formula is C18H21NO. The van der Waals surface area contributed by atoms with Gasteiger partial charge in [-0.05, 0) is 68.2 Å². The molecule has 1 aromatic rings. The van der Waals surface area contributed by atoms with Crippen molar-refractivity contribution in [3.05, 3.63) is 35.4 Å². The fraction of sp³-hybridized carbons (Fsp3) is 0.500. The maximum Gasteiger partial charge on any atom is 0.253 e. The summed E-state index contributed by atoms with van der Waals surface area (Å²) in [6.45, 7) is 1.82. The van der Waals surface area contributed by atoms with Gasteiger partial charge in [-0.15, -0.1) is 6.42 Å². The molecule has 1 aliphatic carbocycles. The minimum absolute atomic E-state index is 0.157. The zero-order valence-electron chi connectivity index (χ0n) is 11.8. The molecule has 2 aliphatic rings. The highest BCUT2D eigenvalue weighted by Crippen LogP contribution is 2.41. The second-order valence-corrected chi connectivity index (χ2v) is 6.04. The molecule has 2 heteroatoms. The van der Waals surface area contributed by atoms with Gasteiger partial charge in [0.2, 0.25) is 0 Å². The molecule has 0 radical (unpaired) electrons. The third-order valence-corrected chi connectivity index (χ3v) is 4.65. The molecule has 1 saturated carbocycles. The van der Waals surface area contributed by atoms with Gasteiger partial charge in [0.25, 0.3) is 5.91 Å². The van der Waals surface area contributed by atoms with Crippen molar-refractivity contribution >= 4 is 5.91 Å². The van der Waals surface area contributed by atoms with Gasteiger partial charge in [-0.2, -0.15) is 0 Å². The van der Waals surface area contributed by atoms with Gasteiger partial charge in [0.15, 0.2) is 0 Å². The van der Waals surface area contributed by atoms with E-state index in [2.05, 4.69) is 5.92 Å². The Labute approximate surface area is 121 Å². The van der Waals surface area contributed by atoms with Crippen LogP contribution in [-0.2, 0) is 0 Å². The number of likely N-dealkylation sites (tertiary alicyclic amines) is 1. The normalized spacial score (nSPS) is 22.9. The Hall–Kier alpha value is -1.75. The number of amides is 1. The number of rotatable bonds is 2. The summed E-state index contributed by atoms with van der Waals surface area (Å²) >= 11 is 0. The summed E-state index contributed by atoms with van der Waals surface area (Å²) in [4.78, 5) is 14.5. The van der Waals surface area contributed by atoms with Gasteiger partial charge in [-0.3, -0.25) is 4.79 Å². The molecule has 20 heavy (non-hydrogen) atoms. The molecule has 1 atom stereocenters. The van der Waals surface area contributed by atoms with E-state index in [9.17, 15) is 4.79 Å². The predicted octanol–water partition coefficient (Wildman–Crippen LogP) is 3.32. The molecule has 1 amide bonds. The van der Waals surface area contributed by atoms with Crippen molar-refractivity contribution in [1.82, 2.24) is 4.90 Å². The van der Waals surface area contributed by atoms with E-state index in [1.165, 1.54) is 25.7 Å². The largest absolute Gasteiger partial charge is 0.339 e. The van der Waals surface area contributed by atoms with Gasteiger partial charge in [0, 0.05) is 24.2 Å². The van der Waals surface area contributed by atoms with Crippen molar-refractivity contribution in [2.45, 2.75) is 32.1 Å². The summed E-state index contributed by atoms with van der Waals surface area (Å²) in [5.74, 6) is 4.56. The smallest absolute Gasteiger partial charge is 0.253 e. The van der Waals surface area contributed by atoms with Crippen LogP contribution >= 0.6 is 0 Å². The molecule has 0 N–H and O–H groups in total. The van der Waals surface area contributed by atoms with Crippen molar-refractivity contribution in [3.8, 4) is 12.3 Å². The first-order valence-electron chi connectivity index (χ1n) is 7.64. The maximum atomic E-state index is 12.5. The van der Waals surface area contributed by atoms with Crippen LogP contribution in [0, 0.1) is 24.2 Å². The zero-order valence-corrected chi connectivity index (χ0v) is 11.8. The van der Waals surface area contributed by atoms with Gasteiger partial charge in [-0.1, -0.05) is 5.92 Å². The summed E-state index contributed by atoms with van der Waals surface area (Å²) in [6.07, 6.45) is 11.8. The summed E-state index contributed by atoms with van der Waals surface area (Å²) in [5.41, 5.74) is 1.58. The van der Waals surface area contributed by atoms with Crippen molar-refractivity contribution in [2.75, 3.05) is 13.1 Å². The van der Waals surface area contributed by atoms with E-state index in [-0.39, 0.29) is 5.91 Å². The standard InChI is InChI=1S/C18H21NO/c1-2-14-5-7-17(8-6-14)18(20)19-12-3-4-15(11-13-19)16-9-10-16/h1,5-8,15-16H,3-4,9-13H2. The zero-order chi connectivity index (χ0) is 13.9. The second-order valence-electron chi connectivity index (χ2n) is 6.04. The van der Waals surface area contributed by atoms with Crippen LogP contribution in [0.5, 0.6) is 0 Å². The Balaban J connectivity index is 1.65. The van der Waals surface area contributed by atoms with E-state index in [1.54, 1.807) is 0 Å². The van der Waals surface area contributed by atoms with Crippen molar-refractivity contribution in [3.63, 3.8) is 0 Å². The molecule has 1 heterocycles. The number of terminal acetylenes is 1. The lowest BCUT2D eigenvalue weighted by Crippen LogP contribution is -2.32. The maximum absolute atomic E-state index is 12.5. The summed E-state index contributed by atoms with van der Waals surface area (Å²) in [5, 5.41) is 0. The van der Waals surface area contributed by atoms with Gasteiger partial charge in [0.1, 0.15) is 0 Å². The number of carbonyl (C=O) groups excluding carboxylic acids is 1. The van der Waals surface area contributed by atoms with Crippen LogP contribution in [0.3, 0.4) is 0 Å². The summed E-state index contributed by atoms with van der Waals surface area (Å²) in [7, 11) is 0. The van der Waals surface area contributed by atoms with Crippen LogP contribution in [0.2, 0.25) is 0 Å². The lowest BCUT2D eigenvalue weighted by molar-refractivity contribution is 0.0759. The predicted molar refractivity (Wildman–Crippen MR) is 80.3 cm³/mol. The number of carbonyl (C=O) groups is 1. The number of nitrogens with zero attached hydrogens (tertiary/aromatic N) is 1. The van der Waals surface area contributed by atoms with E-state index in [0.29, 0.717) is 0 Å². The highest BCUT2D eigenvalue weighted by atomic mass is 16.2. The van der Waals surface area contributed by atoms with E-state index in [4.69, 9.17) is 6.42 Å². The van der Waals surface area contributed by atoms with E-state index in [1.807, 2.05) is 29.2 Å². The lowest BCUT2D eigenvalue weighted by Gasteiger charge is -2.20.